The van der Waals surface area contributed by atoms with Gasteiger partial charge < -0.3 is 16.4 Å². The standard InChI is InChI=1S/C29H36N4O3/c1-29(2)24-14-13-23(25(29)15-24)18-31-17-21-7-5-19(6-8-21)3-4-20-9-11-22(12-10-20)27(34)32-26(16-30)28(35)33-36/h5-12,23-26,31,36H,13-18,30H2,1-2H3,(H,32,34)(H,33,35)/t23-,24-,25-,26-/m0/s1. The fourth-order valence-corrected chi connectivity index (χ4v) is 5.71. The topological polar surface area (TPSA) is 116 Å². The molecule has 0 unspecified atom stereocenters. The molecule has 0 radical (unpaired) electrons. The minimum atomic E-state index is -1.01. The van der Waals surface area contributed by atoms with E-state index < -0.39 is 17.9 Å². The van der Waals surface area contributed by atoms with E-state index in [-0.39, 0.29) is 6.54 Å². The predicted octanol–water partition coefficient (Wildman–Crippen LogP) is 2.81. The highest BCUT2D eigenvalue weighted by Crippen LogP contribution is 2.61. The monoisotopic (exact) mass is 488 g/mol. The normalized spacial score (nSPS) is 22.4. The van der Waals surface area contributed by atoms with Crippen molar-refractivity contribution >= 4 is 11.8 Å². The minimum Gasteiger partial charge on any atom is -0.339 e. The first-order valence-electron chi connectivity index (χ1n) is 12.7. The quantitative estimate of drug-likeness (QED) is 0.223. The van der Waals surface area contributed by atoms with Crippen molar-refractivity contribution in [1.29, 1.82) is 0 Å². The Morgan fingerprint density at radius 2 is 1.69 bits per heavy atom. The van der Waals surface area contributed by atoms with Crippen molar-refractivity contribution < 1.29 is 14.8 Å². The molecule has 0 spiro atoms. The maximum atomic E-state index is 12.3. The third kappa shape index (κ3) is 5.79. The molecule has 36 heavy (non-hydrogen) atoms. The zero-order valence-corrected chi connectivity index (χ0v) is 21.0. The maximum Gasteiger partial charge on any atom is 0.267 e. The second-order valence-electron chi connectivity index (χ2n) is 10.6. The number of benzene rings is 2. The van der Waals surface area contributed by atoms with E-state index in [1.54, 1.807) is 24.3 Å². The van der Waals surface area contributed by atoms with Crippen LogP contribution in [0.1, 0.15) is 60.2 Å². The van der Waals surface area contributed by atoms with Gasteiger partial charge in [-0.05, 0) is 90.9 Å². The van der Waals surface area contributed by atoms with Gasteiger partial charge in [0.05, 0.1) is 0 Å². The van der Waals surface area contributed by atoms with Crippen molar-refractivity contribution in [2.45, 2.75) is 45.7 Å². The van der Waals surface area contributed by atoms with Crippen LogP contribution in [0.2, 0.25) is 0 Å². The number of fused-ring (bicyclic) bond motifs is 2. The Kier molecular flexibility index (Phi) is 8.10. The van der Waals surface area contributed by atoms with Gasteiger partial charge in [0.2, 0.25) is 0 Å². The molecule has 3 saturated carbocycles. The van der Waals surface area contributed by atoms with Gasteiger partial charge in [-0.25, -0.2) is 5.48 Å². The lowest BCUT2D eigenvalue weighted by Gasteiger charge is -2.60. The molecule has 7 nitrogen and oxygen atoms in total. The lowest BCUT2D eigenvalue weighted by molar-refractivity contribution is -0.130. The van der Waals surface area contributed by atoms with Crippen LogP contribution in [-0.2, 0) is 11.3 Å². The summed E-state index contributed by atoms with van der Waals surface area (Å²) in [5, 5.41) is 14.9. The predicted molar refractivity (Wildman–Crippen MR) is 139 cm³/mol. The molecular weight excluding hydrogens is 452 g/mol. The Morgan fingerprint density at radius 3 is 2.25 bits per heavy atom. The second-order valence-corrected chi connectivity index (χ2v) is 10.6. The van der Waals surface area contributed by atoms with Gasteiger partial charge in [-0.3, -0.25) is 14.8 Å². The maximum absolute atomic E-state index is 12.3. The van der Waals surface area contributed by atoms with Gasteiger partial charge in [0.1, 0.15) is 6.04 Å². The molecule has 2 aromatic carbocycles. The van der Waals surface area contributed by atoms with Crippen molar-refractivity contribution in [3.8, 4) is 11.8 Å². The van der Waals surface area contributed by atoms with Crippen LogP contribution >= 0.6 is 0 Å². The third-order valence-corrected chi connectivity index (χ3v) is 8.16. The molecule has 5 rings (SSSR count). The highest BCUT2D eigenvalue weighted by molar-refractivity contribution is 5.97. The van der Waals surface area contributed by atoms with Gasteiger partial charge in [0.25, 0.3) is 11.8 Å². The molecule has 2 bridgehead atoms. The van der Waals surface area contributed by atoms with Crippen molar-refractivity contribution in [2.24, 2.45) is 28.9 Å². The number of hydroxylamine groups is 1. The zero-order valence-electron chi connectivity index (χ0n) is 21.0. The summed E-state index contributed by atoms with van der Waals surface area (Å²) in [6.45, 7) is 6.73. The summed E-state index contributed by atoms with van der Waals surface area (Å²) in [5.74, 6) is 7.68. The van der Waals surface area contributed by atoms with Crippen LogP contribution in [0.25, 0.3) is 0 Å². The molecule has 3 aliphatic rings. The Balaban J connectivity index is 1.26. The van der Waals surface area contributed by atoms with Crippen LogP contribution in [0, 0.1) is 35.0 Å². The lowest BCUT2D eigenvalue weighted by atomic mass is 9.45. The molecular formula is C29H36N4O3. The van der Waals surface area contributed by atoms with Crippen LogP contribution in [0.5, 0.6) is 0 Å². The highest BCUT2D eigenvalue weighted by Gasteiger charge is 2.53. The second kappa shape index (κ2) is 11.3. The van der Waals surface area contributed by atoms with Crippen molar-refractivity contribution in [1.82, 2.24) is 16.1 Å². The fraction of sp³-hybridized carbons (Fsp3) is 0.448. The Bertz CT molecular complexity index is 1130. The summed E-state index contributed by atoms with van der Waals surface area (Å²) >= 11 is 0. The van der Waals surface area contributed by atoms with Gasteiger partial charge in [0, 0.05) is 29.8 Å². The Hall–Kier alpha value is -3.18. The van der Waals surface area contributed by atoms with Crippen LogP contribution in [0.4, 0.5) is 0 Å². The molecule has 0 aliphatic heterocycles. The molecule has 0 aromatic heterocycles. The lowest BCUT2D eigenvalue weighted by Crippen LogP contribution is -2.54. The molecule has 0 heterocycles. The molecule has 4 atom stereocenters. The SMILES string of the molecule is CC1(C)[C@H]2CC[C@@H](CNCc3ccc(C#Cc4ccc(C(=O)N[C@@H](CN)C(=O)NO)cc4)cc3)[C@@H]1C2. The number of amides is 2. The smallest absolute Gasteiger partial charge is 0.267 e. The van der Waals surface area contributed by atoms with E-state index in [1.165, 1.54) is 30.3 Å². The average Bonchev–Trinajstić information content (AvgIpc) is 2.91. The first-order valence-corrected chi connectivity index (χ1v) is 12.7. The molecule has 2 aromatic rings. The molecule has 190 valence electrons. The molecule has 3 fully saturated rings. The Labute approximate surface area is 213 Å². The van der Waals surface area contributed by atoms with Gasteiger partial charge in [-0.15, -0.1) is 0 Å². The van der Waals surface area contributed by atoms with E-state index in [2.05, 4.69) is 48.5 Å². The van der Waals surface area contributed by atoms with Crippen molar-refractivity contribution in [2.75, 3.05) is 13.1 Å². The third-order valence-electron chi connectivity index (χ3n) is 8.16. The number of hydrogen-bond donors (Lipinski definition) is 5. The van der Waals surface area contributed by atoms with Crippen LogP contribution < -0.4 is 21.8 Å². The van der Waals surface area contributed by atoms with Gasteiger partial charge in [-0.1, -0.05) is 37.8 Å². The molecule has 0 saturated heterocycles. The molecule has 6 N–H and O–H groups in total. The van der Waals surface area contributed by atoms with E-state index in [0.717, 1.165) is 42.0 Å². The minimum absolute atomic E-state index is 0.129. The number of nitrogens with two attached hydrogens (primary N) is 1. The molecule has 7 heteroatoms. The van der Waals surface area contributed by atoms with E-state index in [1.807, 2.05) is 12.1 Å². The van der Waals surface area contributed by atoms with Gasteiger partial charge in [-0.2, -0.15) is 0 Å². The summed E-state index contributed by atoms with van der Waals surface area (Å²) < 4.78 is 0. The number of hydrogen-bond acceptors (Lipinski definition) is 5. The van der Waals surface area contributed by atoms with E-state index >= 15 is 0 Å². The summed E-state index contributed by atoms with van der Waals surface area (Å²) in [6.07, 6.45) is 4.17. The van der Waals surface area contributed by atoms with Crippen LogP contribution in [0.15, 0.2) is 48.5 Å². The Morgan fingerprint density at radius 1 is 1.06 bits per heavy atom. The summed E-state index contributed by atoms with van der Waals surface area (Å²) in [5.41, 5.74) is 10.8. The first kappa shape index (κ1) is 25.9. The van der Waals surface area contributed by atoms with Crippen molar-refractivity contribution in [3.05, 3.63) is 70.8 Å². The van der Waals surface area contributed by atoms with E-state index in [9.17, 15) is 9.59 Å². The number of nitrogens with one attached hydrogen (secondary N) is 3. The van der Waals surface area contributed by atoms with Crippen LogP contribution in [0.3, 0.4) is 0 Å². The fourth-order valence-electron chi connectivity index (χ4n) is 5.71. The van der Waals surface area contributed by atoms with Gasteiger partial charge in [0.15, 0.2) is 0 Å². The highest BCUT2D eigenvalue weighted by atomic mass is 16.5. The summed E-state index contributed by atoms with van der Waals surface area (Å²) in [7, 11) is 0. The van der Waals surface area contributed by atoms with Gasteiger partial charge >= 0.3 is 0 Å². The number of carbonyl (C=O) groups is 2. The van der Waals surface area contributed by atoms with E-state index in [0.29, 0.717) is 11.0 Å². The first-order chi connectivity index (χ1) is 17.3. The zero-order chi connectivity index (χ0) is 25.7. The summed E-state index contributed by atoms with van der Waals surface area (Å²) in [6, 6.07) is 14.1. The molecule has 3 aliphatic carbocycles. The van der Waals surface area contributed by atoms with Crippen LogP contribution in [-0.4, -0.2) is 36.2 Å². The average molecular weight is 489 g/mol. The number of rotatable bonds is 8. The van der Waals surface area contributed by atoms with E-state index in [4.69, 9.17) is 10.9 Å². The number of carbonyl (C=O) groups excluding carboxylic acids is 2. The van der Waals surface area contributed by atoms with Crippen molar-refractivity contribution in [3.63, 3.8) is 0 Å². The largest absolute Gasteiger partial charge is 0.339 e. The molecule has 2 amide bonds. The summed E-state index contributed by atoms with van der Waals surface area (Å²) in [4.78, 5) is 23.8.